The Balaban J connectivity index is 1.76. The van der Waals surface area contributed by atoms with Crippen molar-refractivity contribution in [2.75, 3.05) is 40.3 Å². The van der Waals surface area contributed by atoms with Crippen molar-refractivity contribution in [3.63, 3.8) is 0 Å². The van der Waals surface area contributed by atoms with Crippen LogP contribution < -0.4 is 15.8 Å². The minimum atomic E-state index is -0.0527. The lowest BCUT2D eigenvalue weighted by atomic mass is 10.1. The summed E-state index contributed by atoms with van der Waals surface area (Å²) in [6.45, 7) is 6.05. The van der Waals surface area contributed by atoms with Gasteiger partial charge in [0.25, 0.3) is 5.56 Å². The van der Waals surface area contributed by atoms with Gasteiger partial charge in [0.1, 0.15) is 0 Å². The second kappa shape index (κ2) is 10.9. The van der Waals surface area contributed by atoms with E-state index in [1.807, 2.05) is 12.1 Å². The molecule has 1 aromatic carbocycles. The molecule has 1 aliphatic rings. The summed E-state index contributed by atoms with van der Waals surface area (Å²) in [5.41, 5.74) is 2.81. The van der Waals surface area contributed by atoms with E-state index in [1.165, 1.54) is 10.5 Å². The van der Waals surface area contributed by atoms with Gasteiger partial charge in [-0.05, 0) is 60.6 Å². The number of ether oxygens (including phenoxy) is 1. The minimum Gasteiger partial charge on any atom is -0.376 e. The average molecular weight is 432 g/mol. The lowest BCUT2D eigenvalue weighted by Crippen LogP contribution is -3.05. The summed E-state index contributed by atoms with van der Waals surface area (Å²) in [7, 11) is 4.30. The highest BCUT2D eigenvalue weighted by Crippen LogP contribution is 2.17. The van der Waals surface area contributed by atoms with Gasteiger partial charge < -0.3 is 24.8 Å². The van der Waals surface area contributed by atoms with Crippen LogP contribution in [0.1, 0.15) is 37.3 Å². The molecule has 0 bridgehead atoms. The zero-order valence-corrected chi connectivity index (χ0v) is 19.2. The van der Waals surface area contributed by atoms with Crippen molar-refractivity contribution in [2.24, 2.45) is 0 Å². The molecule has 3 rings (SSSR count). The smallest absolute Gasteiger partial charge is 0.253 e. The number of aryl methyl sites for hydroxylation is 1. The van der Waals surface area contributed by atoms with Crippen LogP contribution in [0.3, 0.4) is 0 Å². The van der Waals surface area contributed by atoms with Crippen molar-refractivity contribution in [1.82, 2.24) is 15.2 Å². The Bertz CT molecular complexity index is 906. The minimum absolute atomic E-state index is 0.0527. The number of hydrogen-bond acceptors (Lipinski definition) is 3. The summed E-state index contributed by atoms with van der Waals surface area (Å²) in [6, 6.07) is 8.21. The third kappa shape index (κ3) is 6.27. The lowest BCUT2D eigenvalue weighted by Gasteiger charge is -2.28. The summed E-state index contributed by atoms with van der Waals surface area (Å²) >= 11 is 5.71. The van der Waals surface area contributed by atoms with Gasteiger partial charge in [-0.3, -0.25) is 4.79 Å². The van der Waals surface area contributed by atoms with Crippen molar-refractivity contribution in [3.05, 3.63) is 45.7 Å². The molecule has 3 N–H and O–H groups in total. The standard InChI is InChI=1S/C23H34N4O2S/c1-4-17-8-9-21-18(13-17)14-19(22(28)25-21)15-27(16-20-7-5-12-29-20)23(30)24-10-6-11-26(2)3/h8-9,13-14,20H,4-7,10-12,15-16H2,1-3H3,(H,24,30)(H,25,28)/p+1/t20-/m1/s1. The fraction of sp³-hybridized carbons (Fsp3) is 0.565. The van der Waals surface area contributed by atoms with Gasteiger partial charge in [-0.15, -0.1) is 0 Å². The number of fused-ring (bicyclic) bond motifs is 1. The summed E-state index contributed by atoms with van der Waals surface area (Å²) in [5.74, 6) is 0. The van der Waals surface area contributed by atoms with Gasteiger partial charge >= 0.3 is 0 Å². The lowest BCUT2D eigenvalue weighted by molar-refractivity contribution is -0.858. The highest BCUT2D eigenvalue weighted by atomic mass is 32.1. The molecule has 1 fully saturated rings. The third-order valence-corrected chi connectivity index (χ3v) is 6.02. The molecular weight excluding hydrogens is 396 g/mol. The molecule has 0 amide bonds. The Morgan fingerprint density at radius 2 is 2.20 bits per heavy atom. The number of thiocarbonyl (C=S) groups is 1. The first-order chi connectivity index (χ1) is 14.5. The molecule has 7 heteroatoms. The van der Waals surface area contributed by atoms with E-state index in [9.17, 15) is 4.79 Å². The van der Waals surface area contributed by atoms with Crippen LogP contribution >= 0.6 is 12.2 Å². The Morgan fingerprint density at radius 3 is 2.90 bits per heavy atom. The molecule has 2 heterocycles. The van der Waals surface area contributed by atoms with E-state index in [-0.39, 0.29) is 11.7 Å². The summed E-state index contributed by atoms with van der Waals surface area (Å²) in [6.07, 6.45) is 4.31. The highest BCUT2D eigenvalue weighted by Gasteiger charge is 2.22. The number of benzene rings is 1. The number of nitrogens with zero attached hydrogens (tertiary/aromatic N) is 1. The molecule has 0 saturated carbocycles. The largest absolute Gasteiger partial charge is 0.376 e. The van der Waals surface area contributed by atoms with E-state index < -0.39 is 0 Å². The van der Waals surface area contributed by atoms with Gasteiger partial charge in [0.15, 0.2) is 5.11 Å². The van der Waals surface area contributed by atoms with E-state index in [0.717, 1.165) is 61.8 Å². The molecule has 0 spiro atoms. The number of rotatable bonds is 9. The number of nitrogens with one attached hydrogen (secondary N) is 3. The van der Waals surface area contributed by atoms with Crippen LogP contribution in [0.2, 0.25) is 0 Å². The molecule has 1 saturated heterocycles. The summed E-state index contributed by atoms with van der Waals surface area (Å²) < 4.78 is 5.84. The number of quaternary nitrogens is 1. The van der Waals surface area contributed by atoms with Gasteiger partial charge in [-0.1, -0.05) is 13.0 Å². The molecule has 2 aromatic rings. The molecule has 164 valence electrons. The Morgan fingerprint density at radius 1 is 1.37 bits per heavy atom. The van der Waals surface area contributed by atoms with Crippen LogP contribution in [0.4, 0.5) is 0 Å². The van der Waals surface area contributed by atoms with Gasteiger partial charge in [-0.2, -0.15) is 0 Å². The van der Waals surface area contributed by atoms with E-state index >= 15 is 0 Å². The number of hydrogen-bond donors (Lipinski definition) is 3. The number of aromatic nitrogens is 1. The van der Waals surface area contributed by atoms with E-state index in [2.05, 4.69) is 48.4 Å². The third-order valence-electron chi connectivity index (χ3n) is 5.62. The first kappa shape index (κ1) is 22.7. The van der Waals surface area contributed by atoms with Crippen molar-refractivity contribution >= 4 is 28.2 Å². The molecule has 0 radical (unpaired) electrons. The maximum atomic E-state index is 12.7. The van der Waals surface area contributed by atoms with Crippen LogP contribution in [-0.4, -0.2) is 61.4 Å². The normalized spacial score (nSPS) is 16.3. The van der Waals surface area contributed by atoms with Crippen LogP contribution in [0.5, 0.6) is 0 Å². The number of pyridine rings is 1. The van der Waals surface area contributed by atoms with Crippen molar-refractivity contribution in [2.45, 2.75) is 45.3 Å². The first-order valence-electron chi connectivity index (χ1n) is 11.0. The monoisotopic (exact) mass is 431 g/mol. The van der Waals surface area contributed by atoms with Crippen molar-refractivity contribution in [1.29, 1.82) is 0 Å². The van der Waals surface area contributed by atoms with Crippen LogP contribution in [0.15, 0.2) is 29.1 Å². The van der Waals surface area contributed by atoms with E-state index in [0.29, 0.717) is 18.2 Å². The number of H-pyrrole nitrogens is 1. The Labute approximate surface area is 184 Å². The fourth-order valence-corrected chi connectivity index (χ4v) is 4.09. The number of aromatic amines is 1. The van der Waals surface area contributed by atoms with Crippen LogP contribution in [0, 0.1) is 0 Å². The zero-order valence-electron chi connectivity index (χ0n) is 18.4. The van der Waals surface area contributed by atoms with E-state index in [1.54, 1.807) is 0 Å². The zero-order chi connectivity index (χ0) is 21.5. The molecule has 0 unspecified atom stereocenters. The molecule has 1 aliphatic heterocycles. The predicted octanol–water partition coefficient (Wildman–Crippen LogP) is 1.48. The first-order valence-corrected chi connectivity index (χ1v) is 11.5. The maximum absolute atomic E-state index is 12.7. The van der Waals surface area contributed by atoms with Crippen molar-refractivity contribution in [3.8, 4) is 0 Å². The van der Waals surface area contributed by atoms with Crippen molar-refractivity contribution < 1.29 is 9.64 Å². The van der Waals surface area contributed by atoms with Crippen LogP contribution in [-0.2, 0) is 17.7 Å². The Hall–Kier alpha value is -1.96. The molecule has 6 nitrogen and oxygen atoms in total. The van der Waals surface area contributed by atoms with Gasteiger partial charge in [0.2, 0.25) is 0 Å². The molecular formula is C23H35N4O2S+. The summed E-state index contributed by atoms with van der Waals surface area (Å²) in [4.78, 5) is 19.3. The van der Waals surface area contributed by atoms with Gasteiger partial charge in [0, 0.05) is 37.2 Å². The van der Waals surface area contributed by atoms with Gasteiger partial charge in [0.05, 0.1) is 33.3 Å². The average Bonchev–Trinajstić information content (AvgIpc) is 3.23. The second-order valence-electron chi connectivity index (χ2n) is 8.46. The predicted molar refractivity (Wildman–Crippen MR) is 126 cm³/mol. The molecule has 30 heavy (non-hydrogen) atoms. The molecule has 1 atom stereocenters. The van der Waals surface area contributed by atoms with Crippen LogP contribution in [0.25, 0.3) is 10.9 Å². The Kier molecular flexibility index (Phi) is 8.24. The van der Waals surface area contributed by atoms with E-state index in [4.69, 9.17) is 17.0 Å². The maximum Gasteiger partial charge on any atom is 0.253 e. The fourth-order valence-electron chi connectivity index (χ4n) is 3.85. The SMILES string of the molecule is CCc1ccc2[nH]c(=O)c(CN(C[C@H]3CCCO3)C(=S)NCCC[NH+](C)C)cc2c1. The molecule has 0 aliphatic carbocycles. The topological polar surface area (TPSA) is 61.8 Å². The second-order valence-corrected chi connectivity index (χ2v) is 8.84. The molecule has 1 aromatic heterocycles. The quantitative estimate of drug-likeness (QED) is 0.415. The summed E-state index contributed by atoms with van der Waals surface area (Å²) in [5, 5.41) is 5.14. The van der Waals surface area contributed by atoms with Gasteiger partial charge in [-0.25, -0.2) is 0 Å². The highest BCUT2D eigenvalue weighted by molar-refractivity contribution is 7.80.